The fraction of sp³-hybridized carbons (Fsp3) is 0.455. The van der Waals surface area contributed by atoms with Crippen LogP contribution in [-0.4, -0.2) is 130 Å². The summed E-state index contributed by atoms with van der Waals surface area (Å²) in [7, 11) is 0. The van der Waals surface area contributed by atoms with Gasteiger partial charge in [-0.3, -0.25) is 48.9 Å². The third-order valence-electron chi connectivity index (χ3n) is 13.0. The molecule has 4 aromatic rings. The number of benzene rings is 1. The van der Waals surface area contributed by atoms with Crippen LogP contribution in [0, 0.1) is 0 Å². The van der Waals surface area contributed by atoms with Gasteiger partial charge in [-0.2, -0.15) is 0 Å². The molecule has 0 aliphatic carbocycles. The number of likely N-dealkylation sites (tertiary alicyclic amines) is 1. The number of piperidine rings is 3. The predicted octanol–water partition coefficient (Wildman–Crippen LogP) is 2.47. The van der Waals surface area contributed by atoms with E-state index in [1.165, 1.54) is 0 Å². The summed E-state index contributed by atoms with van der Waals surface area (Å²) in [6, 6.07) is 12.5. The average molecular weight is 815 g/mol. The minimum absolute atomic E-state index is 0.0528. The highest BCUT2D eigenvalue weighted by Crippen LogP contribution is 2.32. The maximum Gasteiger partial charge on any atom is 0.270 e. The van der Waals surface area contributed by atoms with E-state index in [2.05, 4.69) is 45.2 Å². The molecule has 8 heterocycles. The Morgan fingerprint density at radius 1 is 0.767 bits per heavy atom. The van der Waals surface area contributed by atoms with E-state index in [9.17, 15) is 28.8 Å². The number of pyridine rings is 3. The van der Waals surface area contributed by atoms with Crippen molar-refractivity contribution in [3.8, 4) is 0 Å². The lowest BCUT2D eigenvalue weighted by atomic mass is 9.97. The first-order valence-electron chi connectivity index (χ1n) is 21.2. The summed E-state index contributed by atoms with van der Waals surface area (Å²) in [5.41, 5.74) is 6.21. The van der Waals surface area contributed by atoms with Crippen LogP contribution < -0.4 is 26.0 Å². The van der Waals surface area contributed by atoms with Gasteiger partial charge in [-0.25, -0.2) is 4.98 Å². The van der Waals surface area contributed by atoms with E-state index in [4.69, 9.17) is 0 Å². The summed E-state index contributed by atoms with van der Waals surface area (Å²) in [6.45, 7) is 9.56. The van der Waals surface area contributed by atoms with Gasteiger partial charge in [0.05, 0.1) is 34.0 Å². The molecule has 1 aromatic carbocycles. The highest BCUT2D eigenvalue weighted by atomic mass is 16.2. The maximum absolute atomic E-state index is 13.3. The third kappa shape index (κ3) is 7.88. The lowest BCUT2D eigenvalue weighted by Gasteiger charge is -2.42. The lowest BCUT2D eigenvalue weighted by molar-refractivity contribution is -0.136. The van der Waals surface area contributed by atoms with Crippen molar-refractivity contribution in [2.75, 3.05) is 62.2 Å². The van der Waals surface area contributed by atoms with Crippen LogP contribution in [-0.2, 0) is 22.6 Å². The van der Waals surface area contributed by atoms with Gasteiger partial charge < -0.3 is 25.0 Å². The van der Waals surface area contributed by atoms with Crippen LogP contribution in [0.5, 0.6) is 0 Å². The van der Waals surface area contributed by atoms with Crippen LogP contribution in [0.15, 0.2) is 59.7 Å². The molecule has 312 valence electrons. The van der Waals surface area contributed by atoms with Gasteiger partial charge >= 0.3 is 0 Å². The van der Waals surface area contributed by atoms with Gasteiger partial charge in [0.25, 0.3) is 23.3 Å². The number of amides is 5. The Morgan fingerprint density at radius 2 is 1.50 bits per heavy atom. The molecule has 0 spiro atoms. The number of aromatic nitrogens is 3. The number of nitrogens with one attached hydrogen (secondary N) is 3. The average Bonchev–Trinajstić information content (AvgIpc) is 3.51. The van der Waals surface area contributed by atoms with Gasteiger partial charge in [0.15, 0.2) is 0 Å². The monoisotopic (exact) mass is 814 g/mol. The molecule has 1 unspecified atom stereocenters. The Labute approximate surface area is 347 Å². The molecule has 5 amide bonds. The number of anilines is 2. The van der Waals surface area contributed by atoms with Gasteiger partial charge in [0.1, 0.15) is 11.7 Å². The second kappa shape index (κ2) is 16.6. The van der Waals surface area contributed by atoms with Crippen molar-refractivity contribution < 1.29 is 24.0 Å². The molecule has 1 atom stereocenters. The van der Waals surface area contributed by atoms with Crippen LogP contribution in [0.25, 0.3) is 11.0 Å². The standard InChI is InChI=1S/C44H50N10O6/c1-2-28-22-36-37(48-40(28)56)21-27(24-45-36)26-50-17-19-53(20-18-50)32-4-6-35(46-25-32)41(57)47-29-9-13-51(14-10-29)30-11-15-52(16-12-30)31-3-5-33-34(23-31)44(60)54(43(33)59)38-7-8-39(55)49-42(38)58/h3-6,21-25,29-30,38H,2,7-20,26H2,1H3,(H,47,57)(H,48,56)(H,49,55,58). The fourth-order valence-corrected chi connectivity index (χ4v) is 9.46. The van der Waals surface area contributed by atoms with E-state index in [1.54, 1.807) is 18.3 Å². The van der Waals surface area contributed by atoms with Crippen LogP contribution >= 0.6 is 0 Å². The SMILES string of the molecule is CCc1cc2ncc(CN3CCN(c4ccc(C(=O)NC5CCN(C6CCN(c7ccc8c(c7)C(=O)N(C7CCC(=O)NC7=O)C8=O)CC6)CC5)nc4)CC3)cc2[nH]c1=O. The number of aromatic amines is 1. The fourth-order valence-electron chi connectivity index (χ4n) is 9.46. The highest BCUT2D eigenvalue weighted by molar-refractivity contribution is 6.23. The topological polar surface area (TPSA) is 184 Å². The maximum atomic E-state index is 13.3. The van der Waals surface area contributed by atoms with Gasteiger partial charge in [0, 0.05) is 94.9 Å². The minimum atomic E-state index is -0.980. The highest BCUT2D eigenvalue weighted by Gasteiger charge is 2.45. The van der Waals surface area contributed by atoms with Crippen molar-refractivity contribution in [2.24, 2.45) is 0 Å². The van der Waals surface area contributed by atoms with Gasteiger partial charge in [-0.15, -0.1) is 0 Å². The van der Waals surface area contributed by atoms with E-state index in [-0.39, 0.29) is 35.9 Å². The van der Waals surface area contributed by atoms with Gasteiger partial charge in [-0.05, 0) is 86.6 Å². The Bertz CT molecular complexity index is 2390. The molecule has 16 nitrogen and oxygen atoms in total. The summed E-state index contributed by atoms with van der Waals surface area (Å²) in [5.74, 6) is -2.14. The number of piperazine rings is 1. The summed E-state index contributed by atoms with van der Waals surface area (Å²) in [6.07, 6.45) is 8.23. The zero-order valence-electron chi connectivity index (χ0n) is 33.8. The first kappa shape index (κ1) is 39.5. The molecule has 0 bridgehead atoms. The number of hydrogen-bond acceptors (Lipinski definition) is 12. The van der Waals surface area contributed by atoms with Gasteiger partial charge in [0.2, 0.25) is 11.8 Å². The molecule has 3 N–H and O–H groups in total. The second-order valence-electron chi connectivity index (χ2n) is 16.6. The number of imide groups is 2. The molecular weight excluding hydrogens is 765 g/mol. The molecule has 5 aliphatic rings. The van der Waals surface area contributed by atoms with Gasteiger partial charge in [-0.1, -0.05) is 6.92 Å². The van der Waals surface area contributed by atoms with Crippen molar-refractivity contribution in [3.05, 3.63) is 93.2 Å². The third-order valence-corrected chi connectivity index (χ3v) is 13.0. The molecule has 0 radical (unpaired) electrons. The summed E-state index contributed by atoms with van der Waals surface area (Å²) in [5, 5.41) is 5.46. The number of rotatable bonds is 9. The molecule has 4 saturated heterocycles. The predicted molar refractivity (Wildman–Crippen MR) is 224 cm³/mol. The second-order valence-corrected chi connectivity index (χ2v) is 16.6. The summed E-state index contributed by atoms with van der Waals surface area (Å²) < 4.78 is 0. The van der Waals surface area contributed by atoms with E-state index < -0.39 is 29.7 Å². The summed E-state index contributed by atoms with van der Waals surface area (Å²) >= 11 is 0. The van der Waals surface area contributed by atoms with E-state index in [1.807, 2.05) is 43.5 Å². The number of carbonyl (C=O) groups is 5. The molecule has 4 fully saturated rings. The Kier molecular flexibility index (Phi) is 10.9. The smallest absolute Gasteiger partial charge is 0.270 e. The molecular formula is C44H50N10O6. The first-order valence-corrected chi connectivity index (χ1v) is 21.2. The first-order chi connectivity index (χ1) is 29.1. The molecule has 0 saturated carbocycles. The van der Waals surface area contributed by atoms with E-state index in [0.29, 0.717) is 23.7 Å². The zero-order chi connectivity index (χ0) is 41.5. The molecule has 5 aliphatic heterocycles. The number of fused-ring (bicyclic) bond motifs is 2. The Hall–Kier alpha value is -6.00. The molecule has 3 aromatic heterocycles. The van der Waals surface area contributed by atoms with E-state index >= 15 is 0 Å². The molecule has 60 heavy (non-hydrogen) atoms. The van der Waals surface area contributed by atoms with Crippen molar-refractivity contribution in [2.45, 2.75) is 76.5 Å². The zero-order valence-corrected chi connectivity index (χ0v) is 33.8. The van der Waals surface area contributed by atoms with Crippen LogP contribution in [0.4, 0.5) is 11.4 Å². The number of H-pyrrole nitrogens is 1. The van der Waals surface area contributed by atoms with Crippen molar-refractivity contribution >= 4 is 51.9 Å². The van der Waals surface area contributed by atoms with Crippen LogP contribution in [0.3, 0.4) is 0 Å². The van der Waals surface area contributed by atoms with Crippen molar-refractivity contribution in [1.82, 2.24) is 40.3 Å². The van der Waals surface area contributed by atoms with Crippen molar-refractivity contribution in [3.63, 3.8) is 0 Å². The van der Waals surface area contributed by atoms with Crippen LogP contribution in [0.1, 0.15) is 87.8 Å². The number of hydrogen-bond donors (Lipinski definition) is 3. The molecule has 16 heteroatoms. The van der Waals surface area contributed by atoms with E-state index in [0.717, 1.165) is 123 Å². The quantitative estimate of drug-likeness (QED) is 0.210. The number of nitrogens with zero attached hydrogens (tertiary/aromatic N) is 7. The van der Waals surface area contributed by atoms with Crippen LogP contribution in [0.2, 0.25) is 0 Å². The Balaban J connectivity index is 0.707. The Morgan fingerprint density at radius 3 is 2.22 bits per heavy atom. The largest absolute Gasteiger partial charge is 0.371 e. The summed E-state index contributed by atoms with van der Waals surface area (Å²) in [4.78, 5) is 98.7. The number of carbonyl (C=O) groups excluding carboxylic acids is 5. The minimum Gasteiger partial charge on any atom is -0.371 e. The molecule has 9 rings (SSSR count). The number of aryl methyl sites for hydroxylation is 1. The lowest BCUT2D eigenvalue weighted by Crippen LogP contribution is -2.54. The van der Waals surface area contributed by atoms with Crippen molar-refractivity contribution in [1.29, 1.82) is 0 Å². The normalized spacial score (nSPS) is 21.1.